The van der Waals surface area contributed by atoms with Gasteiger partial charge in [0, 0.05) is 24.9 Å². The van der Waals surface area contributed by atoms with Crippen molar-refractivity contribution in [1.29, 1.82) is 0 Å². The van der Waals surface area contributed by atoms with Gasteiger partial charge >= 0.3 is 0 Å². The minimum absolute atomic E-state index is 0.183. The average Bonchev–Trinajstić information content (AvgIpc) is 3.19. The summed E-state index contributed by atoms with van der Waals surface area (Å²) in [6.07, 6.45) is 7.63. The van der Waals surface area contributed by atoms with Crippen molar-refractivity contribution in [2.45, 2.75) is 38.3 Å². The van der Waals surface area contributed by atoms with Gasteiger partial charge in [0.1, 0.15) is 12.4 Å². The molecule has 2 unspecified atom stereocenters. The second-order valence-electron chi connectivity index (χ2n) is 7.07. The van der Waals surface area contributed by atoms with Gasteiger partial charge in [-0.3, -0.25) is 0 Å². The van der Waals surface area contributed by atoms with Crippen LogP contribution < -0.4 is 9.47 Å². The SMILES string of the molecule is COc1ccc2c(c1OC)CCN1C=CC(OCC3CCCO3)=C(C)C21. The van der Waals surface area contributed by atoms with Gasteiger partial charge < -0.3 is 23.8 Å². The zero-order chi connectivity index (χ0) is 18.1. The first kappa shape index (κ1) is 17.3. The second kappa shape index (κ2) is 7.23. The fraction of sp³-hybridized carbons (Fsp3) is 0.524. The number of fused-ring (bicyclic) bond motifs is 3. The molecule has 0 amide bonds. The van der Waals surface area contributed by atoms with Crippen molar-refractivity contribution in [3.05, 3.63) is 46.9 Å². The molecule has 26 heavy (non-hydrogen) atoms. The van der Waals surface area contributed by atoms with E-state index < -0.39 is 0 Å². The molecule has 0 spiro atoms. The number of rotatable bonds is 5. The summed E-state index contributed by atoms with van der Waals surface area (Å²) in [5.74, 6) is 2.61. The monoisotopic (exact) mass is 357 g/mol. The summed E-state index contributed by atoms with van der Waals surface area (Å²) in [6.45, 7) is 4.60. The lowest BCUT2D eigenvalue weighted by Crippen LogP contribution is -2.34. The van der Waals surface area contributed by atoms with Gasteiger partial charge in [-0.15, -0.1) is 0 Å². The molecule has 2 atom stereocenters. The van der Waals surface area contributed by atoms with Gasteiger partial charge in [0.15, 0.2) is 11.5 Å². The Bertz CT molecular complexity index is 734. The van der Waals surface area contributed by atoms with Crippen LogP contribution in [0.1, 0.15) is 36.9 Å². The van der Waals surface area contributed by atoms with Crippen LogP contribution >= 0.6 is 0 Å². The van der Waals surface area contributed by atoms with Crippen LogP contribution in [-0.2, 0) is 15.9 Å². The van der Waals surface area contributed by atoms with Gasteiger partial charge in [-0.05, 0) is 49.5 Å². The predicted octanol–water partition coefficient (Wildman–Crippen LogP) is 3.60. The number of methoxy groups -OCH3 is 2. The van der Waals surface area contributed by atoms with Crippen LogP contribution in [0.2, 0.25) is 0 Å². The Kier molecular flexibility index (Phi) is 4.81. The maximum Gasteiger partial charge on any atom is 0.164 e. The zero-order valence-corrected chi connectivity index (χ0v) is 15.8. The molecule has 5 nitrogen and oxygen atoms in total. The fourth-order valence-corrected chi connectivity index (χ4v) is 4.26. The topological polar surface area (TPSA) is 40.2 Å². The highest BCUT2D eigenvalue weighted by molar-refractivity contribution is 5.55. The number of benzene rings is 1. The van der Waals surface area contributed by atoms with Crippen LogP contribution in [0.4, 0.5) is 0 Å². The molecule has 0 bridgehead atoms. The lowest BCUT2D eigenvalue weighted by atomic mass is 9.86. The molecule has 1 fully saturated rings. The van der Waals surface area contributed by atoms with Gasteiger partial charge in [0.05, 0.1) is 26.4 Å². The highest BCUT2D eigenvalue weighted by Gasteiger charge is 2.33. The Labute approximate surface area is 155 Å². The normalized spacial score (nSPS) is 24.3. The molecule has 3 aliphatic rings. The minimum atomic E-state index is 0.183. The first-order valence-corrected chi connectivity index (χ1v) is 9.35. The first-order chi connectivity index (χ1) is 12.7. The molecule has 0 aliphatic carbocycles. The van der Waals surface area contributed by atoms with Crippen molar-refractivity contribution in [1.82, 2.24) is 4.90 Å². The molecular formula is C21H27NO4. The van der Waals surface area contributed by atoms with Crippen molar-refractivity contribution < 1.29 is 18.9 Å². The third kappa shape index (κ3) is 2.94. The summed E-state index contributed by atoms with van der Waals surface area (Å²) in [7, 11) is 3.40. The maximum atomic E-state index is 6.13. The van der Waals surface area contributed by atoms with Crippen LogP contribution in [0.5, 0.6) is 11.5 Å². The van der Waals surface area contributed by atoms with Crippen LogP contribution in [0.25, 0.3) is 0 Å². The Balaban J connectivity index is 1.64. The molecule has 140 valence electrons. The third-order valence-electron chi connectivity index (χ3n) is 5.60. The van der Waals surface area contributed by atoms with E-state index in [0.29, 0.717) is 6.61 Å². The Morgan fingerprint density at radius 2 is 2.12 bits per heavy atom. The predicted molar refractivity (Wildman–Crippen MR) is 99.5 cm³/mol. The fourth-order valence-electron chi connectivity index (χ4n) is 4.26. The number of nitrogens with zero attached hydrogens (tertiary/aromatic N) is 1. The summed E-state index contributed by atoms with van der Waals surface area (Å²) >= 11 is 0. The number of hydrogen-bond donors (Lipinski definition) is 0. The lowest BCUT2D eigenvalue weighted by molar-refractivity contribution is 0.0436. The maximum absolute atomic E-state index is 6.13. The molecule has 0 N–H and O–H groups in total. The molecule has 0 aromatic heterocycles. The molecule has 4 rings (SSSR count). The standard InChI is InChI=1S/C21H27NO4/c1-14-18(26-13-15-5-4-12-25-15)9-11-22-10-8-17-16(20(14)22)6-7-19(23-2)21(17)24-3/h6-7,9,11,15,20H,4-5,8,10,12-13H2,1-3H3. The van der Waals surface area contributed by atoms with E-state index in [2.05, 4.69) is 30.2 Å². The van der Waals surface area contributed by atoms with Crippen LogP contribution in [0, 0.1) is 0 Å². The molecular weight excluding hydrogens is 330 g/mol. The third-order valence-corrected chi connectivity index (χ3v) is 5.60. The van der Waals surface area contributed by atoms with Gasteiger partial charge in [-0.2, -0.15) is 0 Å². The molecule has 0 saturated carbocycles. The number of hydrogen-bond acceptors (Lipinski definition) is 5. The van der Waals surface area contributed by atoms with Gasteiger partial charge in [0.25, 0.3) is 0 Å². The van der Waals surface area contributed by atoms with Crippen LogP contribution in [0.15, 0.2) is 35.7 Å². The van der Waals surface area contributed by atoms with E-state index in [9.17, 15) is 0 Å². The van der Waals surface area contributed by atoms with E-state index in [4.69, 9.17) is 18.9 Å². The molecule has 3 heterocycles. The van der Waals surface area contributed by atoms with Gasteiger partial charge in [-0.25, -0.2) is 0 Å². The van der Waals surface area contributed by atoms with E-state index in [1.165, 1.54) is 16.7 Å². The van der Waals surface area contributed by atoms with E-state index in [1.54, 1.807) is 14.2 Å². The molecule has 0 radical (unpaired) electrons. The smallest absolute Gasteiger partial charge is 0.164 e. The van der Waals surface area contributed by atoms with Crippen molar-refractivity contribution in [2.24, 2.45) is 0 Å². The Morgan fingerprint density at radius 1 is 1.23 bits per heavy atom. The molecule has 1 aromatic carbocycles. The average molecular weight is 357 g/mol. The lowest BCUT2D eigenvalue weighted by Gasteiger charge is -2.40. The highest BCUT2D eigenvalue weighted by atomic mass is 16.5. The first-order valence-electron chi connectivity index (χ1n) is 9.35. The van der Waals surface area contributed by atoms with Gasteiger partial charge in [-0.1, -0.05) is 6.07 Å². The van der Waals surface area contributed by atoms with E-state index in [0.717, 1.165) is 49.7 Å². The summed E-state index contributed by atoms with van der Waals surface area (Å²) in [5.41, 5.74) is 3.74. The van der Waals surface area contributed by atoms with Crippen molar-refractivity contribution in [2.75, 3.05) is 34.0 Å². The Hall–Kier alpha value is -2.14. The number of allylic oxidation sites excluding steroid dienone is 1. The van der Waals surface area contributed by atoms with Crippen molar-refractivity contribution in [3.8, 4) is 11.5 Å². The largest absolute Gasteiger partial charge is 0.493 e. The summed E-state index contributed by atoms with van der Waals surface area (Å²) in [5, 5.41) is 0. The Morgan fingerprint density at radius 3 is 2.85 bits per heavy atom. The molecule has 1 saturated heterocycles. The summed E-state index contributed by atoms with van der Waals surface area (Å²) in [4.78, 5) is 2.38. The zero-order valence-electron chi connectivity index (χ0n) is 15.8. The van der Waals surface area contributed by atoms with E-state index in [-0.39, 0.29) is 12.1 Å². The van der Waals surface area contributed by atoms with Gasteiger partial charge in [0.2, 0.25) is 0 Å². The minimum Gasteiger partial charge on any atom is -0.493 e. The van der Waals surface area contributed by atoms with Crippen molar-refractivity contribution >= 4 is 0 Å². The number of ether oxygens (including phenoxy) is 4. The molecule has 1 aromatic rings. The van der Waals surface area contributed by atoms with Crippen molar-refractivity contribution in [3.63, 3.8) is 0 Å². The molecule has 5 heteroatoms. The van der Waals surface area contributed by atoms with E-state index in [1.807, 2.05) is 6.07 Å². The van der Waals surface area contributed by atoms with Crippen LogP contribution in [-0.4, -0.2) is 45.0 Å². The highest BCUT2D eigenvalue weighted by Crippen LogP contribution is 2.45. The summed E-state index contributed by atoms with van der Waals surface area (Å²) in [6, 6.07) is 4.34. The van der Waals surface area contributed by atoms with Crippen LogP contribution in [0.3, 0.4) is 0 Å². The second-order valence-corrected chi connectivity index (χ2v) is 7.07. The quantitative estimate of drug-likeness (QED) is 0.805. The molecule has 3 aliphatic heterocycles. The summed E-state index contributed by atoms with van der Waals surface area (Å²) < 4.78 is 23.0. The van der Waals surface area contributed by atoms with E-state index >= 15 is 0 Å².